The topological polar surface area (TPSA) is 50.4 Å². The molecule has 0 aliphatic rings. The molecule has 2 amide bonds. The van der Waals surface area contributed by atoms with Gasteiger partial charge in [0, 0.05) is 12.2 Å². The van der Waals surface area contributed by atoms with Gasteiger partial charge in [-0.3, -0.25) is 0 Å². The number of anilines is 1. The maximum absolute atomic E-state index is 11.9. The summed E-state index contributed by atoms with van der Waals surface area (Å²) in [7, 11) is 0. The zero-order valence-corrected chi connectivity index (χ0v) is 12.3. The van der Waals surface area contributed by atoms with Crippen LogP contribution >= 0.6 is 0 Å². The highest BCUT2D eigenvalue weighted by Gasteiger charge is 2.03. The third-order valence-electron chi connectivity index (χ3n) is 3.12. The number of carbonyl (C=O) groups excluding carboxylic acids is 1. The van der Waals surface area contributed by atoms with E-state index < -0.39 is 0 Å². The van der Waals surface area contributed by atoms with Gasteiger partial charge in [0.05, 0.1) is 6.61 Å². The summed E-state index contributed by atoms with van der Waals surface area (Å²) in [4.78, 5) is 11.9. The third-order valence-corrected chi connectivity index (χ3v) is 3.12. The smallest absolute Gasteiger partial charge is 0.319 e. The molecule has 110 valence electrons. The van der Waals surface area contributed by atoms with Crippen molar-refractivity contribution in [1.29, 1.82) is 0 Å². The van der Waals surface area contributed by atoms with Gasteiger partial charge in [-0.15, -0.1) is 0 Å². The molecule has 0 aliphatic heterocycles. The minimum absolute atomic E-state index is 0.220. The average molecular weight is 284 g/mol. The van der Waals surface area contributed by atoms with Crippen molar-refractivity contribution >= 4 is 11.7 Å². The Kier molecular flexibility index (Phi) is 5.21. The van der Waals surface area contributed by atoms with E-state index in [4.69, 9.17) is 4.74 Å². The first-order valence-electron chi connectivity index (χ1n) is 7.01. The van der Waals surface area contributed by atoms with Gasteiger partial charge in [-0.1, -0.05) is 24.3 Å². The summed E-state index contributed by atoms with van der Waals surface area (Å²) in [5.41, 5.74) is 3.01. The number of hydrogen-bond acceptors (Lipinski definition) is 2. The van der Waals surface area contributed by atoms with Crippen molar-refractivity contribution in [3.8, 4) is 5.75 Å². The van der Waals surface area contributed by atoms with E-state index in [9.17, 15) is 4.79 Å². The highest BCUT2D eigenvalue weighted by molar-refractivity contribution is 5.89. The van der Waals surface area contributed by atoms with Gasteiger partial charge in [0.2, 0.25) is 0 Å². The van der Waals surface area contributed by atoms with Crippen molar-refractivity contribution in [3.05, 3.63) is 59.7 Å². The van der Waals surface area contributed by atoms with Crippen LogP contribution in [0.2, 0.25) is 0 Å². The van der Waals surface area contributed by atoms with E-state index in [1.165, 1.54) is 5.56 Å². The summed E-state index contributed by atoms with van der Waals surface area (Å²) in [6.45, 7) is 5.10. The van der Waals surface area contributed by atoms with E-state index in [0.29, 0.717) is 13.2 Å². The van der Waals surface area contributed by atoms with Gasteiger partial charge >= 0.3 is 6.03 Å². The standard InChI is InChI=1S/C17H20N2O2/c1-3-21-16-10-8-15(9-11-16)19-17(20)18-12-14-7-5-4-6-13(14)2/h4-11H,3,12H2,1-2H3,(H2,18,19,20). The van der Waals surface area contributed by atoms with Crippen molar-refractivity contribution in [2.75, 3.05) is 11.9 Å². The maximum Gasteiger partial charge on any atom is 0.319 e. The Morgan fingerprint density at radius 3 is 2.48 bits per heavy atom. The van der Waals surface area contributed by atoms with Gasteiger partial charge in [0.1, 0.15) is 5.75 Å². The van der Waals surface area contributed by atoms with Gasteiger partial charge in [-0.2, -0.15) is 0 Å². The van der Waals surface area contributed by atoms with E-state index in [2.05, 4.69) is 10.6 Å². The molecule has 0 unspecified atom stereocenters. The minimum atomic E-state index is -0.220. The van der Waals surface area contributed by atoms with Crippen LogP contribution in [-0.2, 0) is 6.54 Å². The van der Waals surface area contributed by atoms with Crippen LogP contribution in [0, 0.1) is 6.92 Å². The second-order valence-electron chi connectivity index (χ2n) is 4.69. The Hall–Kier alpha value is -2.49. The highest BCUT2D eigenvalue weighted by Crippen LogP contribution is 2.15. The Bertz CT molecular complexity index is 594. The lowest BCUT2D eigenvalue weighted by Crippen LogP contribution is -2.28. The first-order chi connectivity index (χ1) is 10.2. The SMILES string of the molecule is CCOc1ccc(NC(=O)NCc2ccccc2C)cc1. The van der Waals surface area contributed by atoms with Crippen molar-refractivity contribution in [2.45, 2.75) is 20.4 Å². The fourth-order valence-corrected chi connectivity index (χ4v) is 1.96. The van der Waals surface area contributed by atoms with Gasteiger partial charge in [-0.25, -0.2) is 4.79 Å². The van der Waals surface area contributed by atoms with Crippen molar-refractivity contribution in [3.63, 3.8) is 0 Å². The van der Waals surface area contributed by atoms with Gasteiger partial charge in [0.25, 0.3) is 0 Å². The molecule has 2 aromatic rings. The number of amides is 2. The summed E-state index contributed by atoms with van der Waals surface area (Å²) >= 11 is 0. The normalized spacial score (nSPS) is 10.0. The Morgan fingerprint density at radius 2 is 1.81 bits per heavy atom. The molecule has 0 atom stereocenters. The Balaban J connectivity index is 1.85. The summed E-state index contributed by atoms with van der Waals surface area (Å²) < 4.78 is 5.36. The van der Waals surface area contributed by atoms with Crippen molar-refractivity contribution in [1.82, 2.24) is 5.32 Å². The molecule has 2 rings (SSSR count). The van der Waals surface area contributed by atoms with E-state index in [-0.39, 0.29) is 6.03 Å². The van der Waals surface area contributed by atoms with E-state index in [1.807, 2.05) is 62.4 Å². The predicted octanol–water partition coefficient (Wildman–Crippen LogP) is 3.72. The fourth-order valence-electron chi connectivity index (χ4n) is 1.96. The first-order valence-corrected chi connectivity index (χ1v) is 7.01. The fraction of sp³-hybridized carbons (Fsp3) is 0.235. The first kappa shape index (κ1) is 14.9. The molecule has 0 heterocycles. The van der Waals surface area contributed by atoms with Crippen LogP contribution < -0.4 is 15.4 Å². The van der Waals surface area contributed by atoms with E-state index >= 15 is 0 Å². The molecule has 2 aromatic carbocycles. The van der Waals surface area contributed by atoms with Gasteiger partial charge < -0.3 is 15.4 Å². The lowest BCUT2D eigenvalue weighted by Gasteiger charge is -2.10. The van der Waals surface area contributed by atoms with Crippen LogP contribution in [-0.4, -0.2) is 12.6 Å². The second-order valence-corrected chi connectivity index (χ2v) is 4.69. The van der Waals surface area contributed by atoms with Crippen LogP contribution in [0.5, 0.6) is 5.75 Å². The van der Waals surface area contributed by atoms with Crippen LogP contribution in [0.3, 0.4) is 0 Å². The Labute approximate surface area is 125 Å². The molecule has 0 saturated carbocycles. The lowest BCUT2D eigenvalue weighted by molar-refractivity contribution is 0.251. The monoisotopic (exact) mass is 284 g/mol. The van der Waals surface area contributed by atoms with Crippen LogP contribution in [0.25, 0.3) is 0 Å². The molecule has 0 aliphatic carbocycles. The summed E-state index contributed by atoms with van der Waals surface area (Å²) in [5.74, 6) is 0.795. The molecule has 0 bridgehead atoms. The largest absolute Gasteiger partial charge is 0.494 e. The molecule has 0 saturated heterocycles. The number of aryl methyl sites for hydroxylation is 1. The Morgan fingerprint density at radius 1 is 1.10 bits per heavy atom. The molecule has 21 heavy (non-hydrogen) atoms. The summed E-state index contributed by atoms with van der Waals surface area (Å²) in [5, 5.41) is 5.64. The number of carbonyl (C=O) groups is 1. The molecular formula is C17H20N2O2. The van der Waals surface area contributed by atoms with Crippen LogP contribution in [0.1, 0.15) is 18.1 Å². The third kappa shape index (κ3) is 4.53. The number of nitrogens with one attached hydrogen (secondary N) is 2. The zero-order chi connectivity index (χ0) is 15.1. The summed E-state index contributed by atoms with van der Waals surface area (Å²) in [6, 6.07) is 15.1. The second kappa shape index (κ2) is 7.33. The summed E-state index contributed by atoms with van der Waals surface area (Å²) in [6.07, 6.45) is 0. The zero-order valence-electron chi connectivity index (χ0n) is 12.3. The van der Waals surface area contributed by atoms with E-state index in [1.54, 1.807) is 0 Å². The molecule has 0 aromatic heterocycles. The maximum atomic E-state index is 11.9. The molecular weight excluding hydrogens is 264 g/mol. The van der Waals surface area contributed by atoms with Crippen molar-refractivity contribution in [2.24, 2.45) is 0 Å². The van der Waals surface area contributed by atoms with Crippen LogP contribution in [0.4, 0.5) is 10.5 Å². The predicted molar refractivity (Wildman–Crippen MR) is 84.6 cm³/mol. The van der Waals surface area contributed by atoms with E-state index in [0.717, 1.165) is 17.0 Å². The lowest BCUT2D eigenvalue weighted by atomic mass is 10.1. The molecule has 0 fully saturated rings. The molecule has 2 N–H and O–H groups in total. The average Bonchev–Trinajstić information content (AvgIpc) is 2.49. The number of hydrogen-bond donors (Lipinski definition) is 2. The van der Waals surface area contributed by atoms with Gasteiger partial charge in [0.15, 0.2) is 0 Å². The van der Waals surface area contributed by atoms with Gasteiger partial charge in [-0.05, 0) is 49.2 Å². The van der Waals surface area contributed by atoms with Crippen molar-refractivity contribution < 1.29 is 9.53 Å². The number of urea groups is 1. The molecule has 4 nitrogen and oxygen atoms in total. The van der Waals surface area contributed by atoms with Crippen LogP contribution in [0.15, 0.2) is 48.5 Å². The highest BCUT2D eigenvalue weighted by atomic mass is 16.5. The molecule has 0 radical (unpaired) electrons. The minimum Gasteiger partial charge on any atom is -0.494 e. The number of rotatable bonds is 5. The molecule has 4 heteroatoms. The quantitative estimate of drug-likeness (QED) is 0.879. The molecule has 0 spiro atoms. The number of ether oxygens (including phenoxy) is 1. The number of benzene rings is 2.